The van der Waals surface area contributed by atoms with Crippen molar-refractivity contribution in [2.45, 2.75) is 40.8 Å². The van der Waals surface area contributed by atoms with E-state index in [2.05, 4.69) is 15.4 Å². The van der Waals surface area contributed by atoms with Gasteiger partial charge >= 0.3 is 7.82 Å². The topological polar surface area (TPSA) is 162 Å². The number of aryl methyl sites for hydroxylation is 2. The lowest BCUT2D eigenvalue weighted by Gasteiger charge is -2.17. The third-order valence-electron chi connectivity index (χ3n) is 6.03. The minimum absolute atomic E-state index is 0.162. The molecule has 4 aromatic rings. The molecule has 0 bridgehead atoms. The summed E-state index contributed by atoms with van der Waals surface area (Å²) in [6.45, 7) is 8.18. The molecule has 0 fully saturated rings. The Morgan fingerprint density at radius 1 is 1.05 bits per heavy atom. The van der Waals surface area contributed by atoms with Crippen LogP contribution in [0.15, 0.2) is 42.5 Å². The largest absolute Gasteiger partial charge is 0.530 e. The zero-order chi connectivity index (χ0) is 29.7. The van der Waals surface area contributed by atoms with Crippen LogP contribution in [0, 0.1) is 6.92 Å². The van der Waals surface area contributed by atoms with Gasteiger partial charge in [-0.3, -0.25) is 28.6 Å². The van der Waals surface area contributed by atoms with Crippen molar-refractivity contribution in [1.82, 2.24) is 19.3 Å². The zero-order valence-corrected chi connectivity index (χ0v) is 24.4. The van der Waals surface area contributed by atoms with Gasteiger partial charge in [-0.2, -0.15) is 5.10 Å². The first kappa shape index (κ1) is 29.8. The number of primary amides is 1. The number of fused-ring (bicyclic) bond motifs is 1. The van der Waals surface area contributed by atoms with E-state index in [1.165, 1.54) is 13.2 Å². The Kier molecular flexibility index (Phi) is 9.11. The summed E-state index contributed by atoms with van der Waals surface area (Å²) in [7, 11) is -2.28. The number of rotatable bonds is 13. The number of benzene rings is 2. The lowest BCUT2D eigenvalue weighted by Crippen LogP contribution is -2.20. The Hall–Kier alpha value is -4.19. The highest BCUT2D eigenvalue weighted by Gasteiger charge is 2.27. The highest BCUT2D eigenvalue weighted by Crippen LogP contribution is 2.49. The van der Waals surface area contributed by atoms with E-state index >= 15 is 0 Å². The van der Waals surface area contributed by atoms with E-state index in [1.807, 2.05) is 13.8 Å². The van der Waals surface area contributed by atoms with Crippen molar-refractivity contribution >= 4 is 36.6 Å². The van der Waals surface area contributed by atoms with Crippen LogP contribution >= 0.6 is 7.82 Å². The molecule has 0 aliphatic carbocycles. The molecule has 0 saturated carbocycles. The molecule has 2 aromatic heterocycles. The summed E-state index contributed by atoms with van der Waals surface area (Å²) >= 11 is 0. The average Bonchev–Trinajstić information content (AvgIpc) is 3.48. The quantitative estimate of drug-likeness (QED) is 0.215. The van der Waals surface area contributed by atoms with Crippen molar-refractivity contribution in [3.8, 4) is 11.5 Å². The standard InChI is InChI=1S/C27H33N6O7P/c1-6-33-22(13-17(4)31-33)26(35)30-27-29-21-14-19(25(28)34)15-23(37-5)24(21)32(27)16-18-9-11-20(12-10-18)40-41(36,38-7-2)39-8-3/h9-15H,6-8,16H2,1-5H3,(H2,28,34)(H,29,30,35). The van der Waals surface area contributed by atoms with Crippen LogP contribution in [0.2, 0.25) is 0 Å². The summed E-state index contributed by atoms with van der Waals surface area (Å²) in [5.41, 5.74) is 8.57. The maximum Gasteiger partial charge on any atom is 0.530 e. The molecule has 0 saturated heterocycles. The molecule has 3 N–H and O–H groups in total. The molecule has 0 unspecified atom stereocenters. The number of hydrogen-bond donors (Lipinski definition) is 2. The van der Waals surface area contributed by atoms with Crippen LogP contribution in [0.1, 0.15) is 52.9 Å². The summed E-state index contributed by atoms with van der Waals surface area (Å²) in [4.78, 5) is 29.9. The Morgan fingerprint density at radius 3 is 2.32 bits per heavy atom. The smallest absolute Gasteiger partial charge is 0.494 e. The average molecular weight is 585 g/mol. The first-order chi connectivity index (χ1) is 19.6. The number of nitrogens with one attached hydrogen (secondary N) is 1. The van der Waals surface area contributed by atoms with Gasteiger partial charge in [-0.15, -0.1) is 0 Å². The van der Waals surface area contributed by atoms with Crippen molar-refractivity contribution in [2.75, 3.05) is 25.6 Å². The van der Waals surface area contributed by atoms with Crippen molar-refractivity contribution < 1.29 is 32.5 Å². The van der Waals surface area contributed by atoms with Crippen LogP contribution in [0.5, 0.6) is 11.5 Å². The second-order valence-corrected chi connectivity index (χ2v) is 10.5. The zero-order valence-electron chi connectivity index (χ0n) is 23.5. The molecular weight excluding hydrogens is 551 g/mol. The first-order valence-corrected chi connectivity index (χ1v) is 14.5. The Bertz CT molecular complexity index is 1600. The minimum Gasteiger partial charge on any atom is -0.494 e. The van der Waals surface area contributed by atoms with Crippen LogP contribution in [-0.2, 0) is 26.7 Å². The molecule has 0 spiro atoms. The maximum absolute atomic E-state index is 13.3. The van der Waals surface area contributed by atoms with E-state index in [1.54, 1.807) is 59.5 Å². The number of ether oxygens (including phenoxy) is 1. The van der Waals surface area contributed by atoms with Gasteiger partial charge in [-0.05, 0) is 63.6 Å². The minimum atomic E-state index is -3.75. The summed E-state index contributed by atoms with van der Waals surface area (Å²) in [5.74, 6) is -0.157. The molecule has 2 heterocycles. The van der Waals surface area contributed by atoms with Crippen LogP contribution in [0.4, 0.5) is 5.95 Å². The fourth-order valence-corrected chi connectivity index (χ4v) is 5.48. The highest BCUT2D eigenvalue weighted by atomic mass is 31.2. The molecular formula is C27H33N6O7P. The third kappa shape index (κ3) is 6.59. The molecule has 41 heavy (non-hydrogen) atoms. The molecule has 13 nitrogen and oxygen atoms in total. The van der Waals surface area contributed by atoms with Gasteiger partial charge in [0, 0.05) is 12.1 Å². The monoisotopic (exact) mass is 584 g/mol. The second-order valence-electron chi connectivity index (χ2n) is 8.89. The fourth-order valence-electron chi connectivity index (χ4n) is 4.29. The summed E-state index contributed by atoms with van der Waals surface area (Å²) < 4.78 is 37.6. The lowest BCUT2D eigenvalue weighted by atomic mass is 10.1. The van der Waals surface area contributed by atoms with Gasteiger partial charge in [-0.1, -0.05) is 12.1 Å². The van der Waals surface area contributed by atoms with E-state index in [-0.39, 0.29) is 31.3 Å². The number of amides is 2. The third-order valence-corrected chi connectivity index (χ3v) is 7.61. The van der Waals surface area contributed by atoms with Crippen molar-refractivity contribution in [3.05, 3.63) is 65.0 Å². The number of phosphoric acid groups is 1. The van der Waals surface area contributed by atoms with E-state index < -0.39 is 19.6 Å². The number of nitrogens with two attached hydrogens (primary N) is 1. The predicted octanol–water partition coefficient (Wildman–Crippen LogP) is 4.53. The lowest BCUT2D eigenvalue weighted by molar-refractivity contribution is 0.0995. The summed E-state index contributed by atoms with van der Waals surface area (Å²) in [5, 5.41) is 7.23. The van der Waals surface area contributed by atoms with Crippen LogP contribution < -0.4 is 20.3 Å². The molecule has 4 rings (SSSR count). The van der Waals surface area contributed by atoms with E-state index in [0.29, 0.717) is 40.5 Å². The molecule has 218 valence electrons. The van der Waals surface area contributed by atoms with E-state index in [9.17, 15) is 14.2 Å². The number of carbonyl (C=O) groups excluding carboxylic acids is 2. The molecule has 14 heteroatoms. The summed E-state index contributed by atoms with van der Waals surface area (Å²) in [6, 6.07) is 11.6. The van der Waals surface area contributed by atoms with Gasteiger partial charge in [-0.25, -0.2) is 9.55 Å². The van der Waals surface area contributed by atoms with E-state index in [4.69, 9.17) is 24.0 Å². The van der Waals surface area contributed by atoms with Crippen LogP contribution in [0.3, 0.4) is 0 Å². The Morgan fingerprint density at radius 2 is 1.73 bits per heavy atom. The Balaban J connectivity index is 1.73. The molecule has 2 aromatic carbocycles. The van der Waals surface area contributed by atoms with Gasteiger partial charge in [0.05, 0.1) is 38.1 Å². The van der Waals surface area contributed by atoms with Crippen LogP contribution in [0.25, 0.3) is 11.0 Å². The maximum atomic E-state index is 13.3. The SMILES string of the molecule is CCOP(=O)(OCC)Oc1ccc(Cn2c(NC(=O)c3cc(C)nn3CC)nc3cc(C(N)=O)cc(OC)c32)cc1. The highest BCUT2D eigenvalue weighted by molar-refractivity contribution is 7.48. The number of carbonyl (C=O) groups is 2. The number of nitrogens with zero attached hydrogens (tertiary/aromatic N) is 4. The molecule has 0 radical (unpaired) electrons. The van der Waals surface area contributed by atoms with Crippen molar-refractivity contribution in [2.24, 2.45) is 5.73 Å². The first-order valence-electron chi connectivity index (χ1n) is 13.0. The number of anilines is 1. The Labute approximate surface area is 237 Å². The number of aromatic nitrogens is 4. The number of phosphoric ester groups is 1. The second kappa shape index (κ2) is 12.5. The molecule has 0 atom stereocenters. The summed E-state index contributed by atoms with van der Waals surface area (Å²) in [6.07, 6.45) is 0. The van der Waals surface area contributed by atoms with Crippen molar-refractivity contribution in [1.29, 1.82) is 0 Å². The van der Waals surface area contributed by atoms with Gasteiger partial charge in [0.25, 0.3) is 5.91 Å². The fraction of sp³-hybridized carbons (Fsp3) is 0.333. The number of methoxy groups -OCH3 is 1. The van der Waals surface area contributed by atoms with Crippen LogP contribution in [-0.4, -0.2) is 51.5 Å². The number of imidazole rings is 1. The van der Waals surface area contributed by atoms with Gasteiger partial charge in [0.2, 0.25) is 11.9 Å². The molecule has 2 amide bonds. The number of hydrogen-bond acceptors (Lipinski definition) is 9. The van der Waals surface area contributed by atoms with Gasteiger partial charge < -0.3 is 19.6 Å². The van der Waals surface area contributed by atoms with E-state index in [0.717, 1.165) is 5.56 Å². The van der Waals surface area contributed by atoms with Gasteiger partial charge in [0.1, 0.15) is 22.7 Å². The van der Waals surface area contributed by atoms with Crippen molar-refractivity contribution in [3.63, 3.8) is 0 Å². The predicted molar refractivity (Wildman–Crippen MR) is 152 cm³/mol. The molecule has 0 aliphatic rings. The normalized spacial score (nSPS) is 11.5. The molecule has 0 aliphatic heterocycles. The van der Waals surface area contributed by atoms with Gasteiger partial charge in [0.15, 0.2) is 0 Å².